The summed E-state index contributed by atoms with van der Waals surface area (Å²) >= 11 is 0. The maximum Gasteiger partial charge on any atom is 0.290 e. The Bertz CT molecular complexity index is 1110. The van der Waals surface area contributed by atoms with Crippen LogP contribution in [0.4, 0.5) is 0 Å². The van der Waals surface area contributed by atoms with Crippen molar-refractivity contribution in [3.63, 3.8) is 0 Å². The van der Waals surface area contributed by atoms with Crippen LogP contribution < -0.4 is 0 Å². The number of carbonyl (C=O) groups is 1. The summed E-state index contributed by atoms with van der Waals surface area (Å²) in [6.07, 6.45) is 0.424. The predicted octanol–water partition coefficient (Wildman–Crippen LogP) is 3.47. The van der Waals surface area contributed by atoms with Gasteiger partial charge in [-0.2, -0.15) is 0 Å². The molecule has 1 atom stereocenters. The van der Waals surface area contributed by atoms with Crippen molar-refractivity contribution < 1.29 is 22.0 Å². The Balaban J connectivity index is 1.72. The number of nitrogens with zero attached hydrogens (tertiary/aromatic N) is 1. The molecule has 1 aliphatic heterocycles. The van der Waals surface area contributed by atoms with E-state index in [1.54, 1.807) is 4.90 Å². The van der Waals surface area contributed by atoms with E-state index in [2.05, 4.69) is 0 Å². The SMILES string of the molecule is Cc1ccc(CN(C(=O)c2oc3ccccc3c2C)[C@@H]2CCS(=O)(=O)C2)o1. The first-order valence-corrected chi connectivity index (χ1v) is 10.7. The second-order valence-corrected chi connectivity index (χ2v) is 9.28. The Morgan fingerprint density at radius 2 is 1.93 bits per heavy atom. The Morgan fingerprint density at radius 3 is 2.56 bits per heavy atom. The zero-order valence-electron chi connectivity index (χ0n) is 15.3. The first kappa shape index (κ1) is 17.9. The lowest BCUT2D eigenvalue weighted by Gasteiger charge is -2.26. The minimum absolute atomic E-state index is 0.0301. The molecule has 142 valence electrons. The number of aryl methyl sites for hydroxylation is 2. The second-order valence-electron chi connectivity index (χ2n) is 7.05. The normalized spacial score (nSPS) is 18.8. The Labute approximate surface area is 157 Å². The van der Waals surface area contributed by atoms with E-state index in [0.717, 1.165) is 16.7 Å². The van der Waals surface area contributed by atoms with Gasteiger partial charge < -0.3 is 13.7 Å². The van der Waals surface area contributed by atoms with E-state index >= 15 is 0 Å². The van der Waals surface area contributed by atoms with Crippen LogP contribution in [0.5, 0.6) is 0 Å². The Morgan fingerprint density at radius 1 is 1.15 bits per heavy atom. The van der Waals surface area contributed by atoms with Crippen molar-refractivity contribution in [1.29, 1.82) is 0 Å². The number of hydrogen-bond acceptors (Lipinski definition) is 5. The quantitative estimate of drug-likeness (QED) is 0.685. The summed E-state index contributed by atoms with van der Waals surface area (Å²) in [5.74, 6) is 1.38. The fraction of sp³-hybridized carbons (Fsp3) is 0.350. The molecule has 1 amide bonds. The molecule has 6 nitrogen and oxygen atoms in total. The van der Waals surface area contributed by atoms with E-state index in [9.17, 15) is 13.2 Å². The highest BCUT2D eigenvalue weighted by Gasteiger charge is 2.37. The fourth-order valence-corrected chi connectivity index (χ4v) is 5.37. The van der Waals surface area contributed by atoms with Crippen molar-refractivity contribution in [2.75, 3.05) is 11.5 Å². The number of carbonyl (C=O) groups excluding carboxylic acids is 1. The number of fused-ring (bicyclic) bond motifs is 1. The number of rotatable bonds is 4. The van der Waals surface area contributed by atoms with E-state index in [1.807, 2.05) is 50.2 Å². The molecule has 3 heterocycles. The standard InChI is InChI=1S/C20H21NO5S/c1-13-7-8-16(25-13)11-21(15-9-10-27(23,24)12-15)20(22)19-14(2)17-5-3-4-6-18(17)26-19/h3-8,15H,9-12H2,1-2H3/t15-/m1/s1. The molecule has 7 heteroatoms. The van der Waals surface area contributed by atoms with Gasteiger partial charge in [-0.15, -0.1) is 0 Å². The largest absolute Gasteiger partial charge is 0.464 e. The number of furan rings is 2. The van der Waals surface area contributed by atoms with Crippen LogP contribution >= 0.6 is 0 Å². The van der Waals surface area contributed by atoms with Gasteiger partial charge in [-0.1, -0.05) is 18.2 Å². The van der Waals surface area contributed by atoms with Gasteiger partial charge in [-0.3, -0.25) is 4.79 Å². The van der Waals surface area contributed by atoms with Crippen molar-refractivity contribution in [3.8, 4) is 0 Å². The number of para-hydroxylation sites is 1. The van der Waals surface area contributed by atoms with Gasteiger partial charge in [0.2, 0.25) is 0 Å². The summed E-state index contributed by atoms with van der Waals surface area (Å²) in [6, 6.07) is 10.7. The molecule has 0 radical (unpaired) electrons. The van der Waals surface area contributed by atoms with Crippen LogP contribution in [0.3, 0.4) is 0 Å². The molecule has 27 heavy (non-hydrogen) atoms. The predicted molar refractivity (Wildman–Crippen MR) is 101 cm³/mol. The third-order valence-electron chi connectivity index (χ3n) is 5.07. The number of sulfone groups is 1. The summed E-state index contributed by atoms with van der Waals surface area (Å²) in [4.78, 5) is 14.9. The third kappa shape index (κ3) is 3.39. The highest BCUT2D eigenvalue weighted by Crippen LogP contribution is 2.29. The summed E-state index contributed by atoms with van der Waals surface area (Å²) in [7, 11) is -3.13. The topological polar surface area (TPSA) is 80.7 Å². The van der Waals surface area contributed by atoms with Gasteiger partial charge in [-0.25, -0.2) is 8.42 Å². The molecule has 0 bridgehead atoms. The van der Waals surface area contributed by atoms with Gasteiger partial charge in [0, 0.05) is 17.0 Å². The lowest BCUT2D eigenvalue weighted by atomic mass is 10.1. The maximum absolute atomic E-state index is 13.3. The van der Waals surface area contributed by atoms with Crippen LogP contribution in [-0.2, 0) is 16.4 Å². The van der Waals surface area contributed by atoms with Crippen molar-refractivity contribution in [2.24, 2.45) is 0 Å². The monoisotopic (exact) mass is 387 g/mol. The fourth-order valence-electron chi connectivity index (χ4n) is 3.63. The molecule has 1 aromatic carbocycles. The molecular weight excluding hydrogens is 366 g/mol. The molecule has 0 aliphatic carbocycles. The van der Waals surface area contributed by atoms with Gasteiger partial charge in [0.15, 0.2) is 15.6 Å². The summed E-state index contributed by atoms with van der Waals surface area (Å²) in [5, 5.41) is 0.883. The van der Waals surface area contributed by atoms with Crippen molar-refractivity contribution in [3.05, 3.63) is 59.2 Å². The van der Waals surface area contributed by atoms with Crippen molar-refractivity contribution >= 4 is 26.7 Å². The third-order valence-corrected chi connectivity index (χ3v) is 6.82. The van der Waals surface area contributed by atoms with Gasteiger partial charge in [0.1, 0.15) is 17.1 Å². The number of benzene rings is 1. The molecule has 2 aromatic heterocycles. The van der Waals surface area contributed by atoms with E-state index in [1.165, 1.54) is 0 Å². The van der Waals surface area contributed by atoms with Gasteiger partial charge >= 0.3 is 0 Å². The highest BCUT2D eigenvalue weighted by molar-refractivity contribution is 7.91. The molecule has 4 rings (SSSR count). The van der Waals surface area contributed by atoms with Crippen LogP contribution in [0.25, 0.3) is 11.0 Å². The van der Waals surface area contributed by atoms with Crippen LogP contribution in [0, 0.1) is 13.8 Å². The first-order chi connectivity index (χ1) is 12.8. The van der Waals surface area contributed by atoms with E-state index in [0.29, 0.717) is 17.8 Å². The molecule has 0 N–H and O–H groups in total. The molecule has 1 aliphatic rings. The smallest absolute Gasteiger partial charge is 0.290 e. The average Bonchev–Trinajstić information content (AvgIpc) is 3.30. The second kappa shape index (κ2) is 6.56. The lowest BCUT2D eigenvalue weighted by molar-refractivity contribution is 0.0634. The molecule has 0 unspecified atom stereocenters. The first-order valence-electron chi connectivity index (χ1n) is 8.89. The van der Waals surface area contributed by atoms with Crippen LogP contribution in [-0.4, -0.2) is 36.8 Å². The minimum atomic E-state index is -3.13. The van der Waals surface area contributed by atoms with E-state index in [4.69, 9.17) is 8.83 Å². The number of amides is 1. The average molecular weight is 387 g/mol. The zero-order valence-corrected chi connectivity index (χ0v) is 16.1. The molecule has 0 spiro atoms. The summed E-state index contributed by atoms with van der Waals surface area (Å²) in [5.41, 5.74) is 1.41. The highest BCUT2D eigenvalue weighted by atomic mass is 32.2. The van der Waals surface area contributed by atoms with Crippen molar-refractivity contribution in [1.82, 2.24) is 4.90 Å². The Hall–Kier alpha value is -2.54. The van der Waals surface area contributed by atoms with Crippen LogP contribution in [0.15, 0.2) is 45.2 Å². The number of hydrogen-bond donors (Lipinski definition) is 0. The maximum atomic E-state index is 13.3. The van der Waals surface area contributed by atoms with E-state index in [-0.39, 0.29) is 35.8 Å². The van der Waals surface area contributed by atoms with Gasteiger partial charge in [0.25, 0.3) is 5.91 Å². The molecule has 3 aromatic rings. The molecule has 0 saturated carbocycles. The summed E-state index contributed by atoms with van der Waals surface area (Å²) in [6.45, 7) is 3.89. The minimum Gasteiger partial charge on any atom is -0.464 e. The van der Waals surface area contributed by atoms with Gasteiger partial charge in [0.05, 0.1) is 18.1 Å². The molecule has 1 fully saturated rings. The molecular formula is C20H21NO5S. The summed E-state index contributed by atoms with van der Waals surface area (Å²) < 4.78 is 35.4. The zero-order chi connectivity index (χ0) is 19.2. The molecule has 1 saturated heterocycles. The van der Waals surface area contributed by atoms with E-state index < -0.39 is 9.84 Å². The lowest BCUT2D eigenvalue weighted by Crippen LogP contribution is -2.40. The van der Waals surface area contributed by atoms with Gasteiger partial charge in [-0.05, 0) is 38.5 Å². The van der Waals surface area contributed by atoms with Crippen LogP contribution in [0.1, 0.15) is 34.1 Å². The van der Waals surface area contributed by atoms with Crippen molar-refractivity contribution in [2.45, 2.75) is 32.9 Å². The van der Waals surface area contributed by atoms with Crippen LogP contribution in [0.2, 0.25) is 0 Å². The Kier molecular flexibility index (Phi) is 4.34.